The lowest BCUT2D eigenvalue weighted by molar-refractivity contribution is -1.03. The van der Waals surface area contributed by atoms with Crippen molar-refractivity contribution in [1.82, 2.24) is 0 Å². The van der Waals surface area contributed by atoms with Gasteiger partial charge in [-0.15, -0.1) is 0 Å². The summed E-state index contributed by atoms with van der Waals surface area (Å²) in [6.45, 7) is 5.66. The average Bonchev–Trinajstić information content (AvgIpc) is 2.56. The van der Waals surface area contributed by atoms with Crippen molar-refractivity contribution in [2.45, 2.75) is 38.3 Å². The number of aliphatic carboxylic acids is 1. The maximum atomic E-state index is 11.5. The van der Waals surface area contributed by atoms with Crippen LogP contribution in [0.4, 0.5) is 0 Å². The monoisotopic (exact) mass is 304 g/mol. The molecule has 1 aromatic rings. The van der Waals surface area contributed by atoms with E-state index < -0.39 is 5.97 Å². The third-order valence-electron chi connectivity index (χ3n) is 5.50. The second kappa shape index (κ2) is 7.25. The summed E-state index contributed by atoms with van der Waals surface area (Å²) in [5.74, 6) is -0.685. The van der Waals surface area contributed by atoms with Gasteiger partial charge in [0.15, 0.2) is 0 Å². The molecular formula is C18H28N2O2+2. The Labute approximate surface area is 132 Å². The Bertz CT molecular complexity index is 483. The van der Waals surface area contributed by atoms with Gasteiger partial charge in [0.25, 0.3) is 0 Å². The standard InChI is InChI=1S/C18H26N2O2/c21-18(22)16-8-4-5-9-17(16)20-12-10-19(11-13-20)14-15-6-2-1-3-7-15/h1-3,6-7,16-17H,4-5,8-14H2,(H,21,22)/p+2. The molecule has 1 saturated carbocycles. The van der Waals surface area contributed by atoms with Crippen molar-refractivity contribution in [3.8, 4) is 0 Å². The molecule has 3 rings (SSSR count). The Balaban J connectivity index is 1.53. The zero-order valence-electron chi connectivity index (χ0n) is 13.3. The van der Waals surface area contributed by atoms with Crippen molar-refractivity contribution in [3.05, 3.63) is 35.9 Å². The maximum absolute atomic E-state index is 11.5. The molecule has 1 aromatic carbocycles. The molecule has 2 unspecified atom stereocenters. The van der Waals surface area contributed by atoms with Crippen LogP contribution in [0.2, 0.25) is 0 Å². The predicted octanol–water partition coefficient (Wildman–Crippen LogP) is -0.387. The average molecular weight is 304 g/mol. The molecule has 0 radical (unpaired) electrons. The van der Waals surface area contributed by atoms with Gasteiger partial charge in [-0.2, -0.15) is 0 Å². The first-order valence-electron chi connectivity index (χ1n) is 8.69. The van der Waals surface area contributed by atoms with Crippen LogP contribution in [0.25, 0.3) is 0 Å². The van der Waals surface area contributed by atoms with Crippen LogP contribution in [0.5, 0.6) is 0 Å². The van der Waals surface area contributed by atoms with Gasteiger partial charge in [-0.05, 0) is 12.8 Å². The van der Waals surface area contributed by atoms with E-state index in [9.17, 15) is 9.90 Å². The van der Waals surface area contributed by atoms with Crippen LogP contribution in [0.15, 0.2) is 30.3 Å². The Hall–Kier alpha value is -1.39. The molecule has 3 N–H and O–H groups in total. The van der Waals surface area contributed by atoms with Crippen molar-refractivity contribution < 1.29 is 19.7 Å². The Morgan fingerprint density at radius 1 is 1.05 bits per heavy atom. The zero-order chi connectivity index (χ0) is 15.4. The molecule has 1 aliphatic carbocycles. The first-order valence-corrected chi connectivity index (χ1v) is 8.69. The summed E-state index contributed by atoms with van der Waals surface area (Å²) in [4.78, 5) is 14.7. The number of rotatable bonds is 4. The van der Waals surface area contributed by atoms with E-state index in [4.69, 9.17) is 0 Å². The number of carboxylic acids is 1. The Morgan fingerprint density at radius 2 is 1.73 bits per heavy atom. The summed E-state index contributed by atoms with van der Waals surface area (Å²) in [5, 5.41) is 9.47. The first-order chi connectivity index (χ1) is 10.7. The molecule has 0 bridgehead atoms. The van der Waals surface area contributed by atoms with Crippen molar-refractivity contribution in [2.75, 3.05) is 26.2 Å². The Kier molecular flexibility index (Phi) is 5.11. The van der Waals surface area contributed by atoms with Crippen molar-refractivity contribution >= 4 is 5.97 Å². The predicted molar refractivity (Wildman–Crippen MR) is 84.9 cm³/mol. The Morgan fingerprint density at radius 3 is 2.41 bits per heavy atom. The lowest BCUT2D eigenvalue weighted by Gasteiger charge is -2.38. The van der Waals surface area contributed by atoms with Crippen molar-refractivity contribution in [3.63, 3.8) is 0 Å². The summed E-state index contributed by atoms with van der Waals surface area (Å²) in [5.41, 5.74) is 1.40. The summed E-state index contributed by atoms with van der Waals surface area (Å²) in [7, 11) is 0. The molecule has 2 aliphatic rings. The topological polar surface area (TPSA) is 46.2 Å². The molecule has 2 fully saturated rings. The number of quaternary nitrogens is 2. The van der Waals surface area contributed by atoms with Gasteiger partial charge in [0.05, 0.1) is 0 Å². The van der Waals surface area contributed by atoms with Gasteiger partial charge in [-0.3, -0.25) is 4.79 Å². The van der Waals surface area contributed by atoms with E-state index in [2.05, 4.69) is 30.3 Å². The van der Waals surface area contributed by atoms with Gasteiger partial charge in [-0.25, -0.2) is 0 Å². The number of carboxylic acid groups (broad SMARTS) is 1. The first kappa shape index (κ1) is 15.5. The molecule has 0 amide bonds. The van der Waals surface area contributed by atoms with Gasteiger partial charge >= 0.3 is 5.97 Å². The quantitative estimate of drug-likeness (QED) is 0.710. The van der Waals surface area contributed by atoms with Crippen LogP contribution in [0, 0.1) is 5.92 Å². The minimum absolute atomic E-state index is 0.112. The van der Waals surface area contributed by atoms with Crippen LogP contribution < -0.4 is 9.80 Å². The van der Waals surface area contributed by atoms with Gasteiger partial charge in [0.2, 0.25) is 0 Å². The van der Waals surface area contributed by atoms with E-state index in [1.165, 1.54) is 12.0 Å². The smallest absolute Gasteiger partial charge is 0.312 e. The van der Waals surface area contributed by atoms with E-state index in [1.807, 2.05) is 0 Å². The van der Waals surface area contributed by atoms with Gasteiger partial charge in [0, 0.05) is 12.0 Å². The van der Waals surface area contributed by atoms with Gasteiger partial charge in [0.1, 0.15) is 44.7 Å². The third kappa shape index (κ3) is 3.68. The van der Waals surface area contributed by atoms with E-state index in [0.29, 0.717) is 6.04 Å². The van der Waals surface area contributed by atoms with Crippen LogP contribution in [0.1, 0.15) is 31.2 Å². The van der Waals surface area contributed by atoms with E-state index >= 15 is 0 Å². The van der Waals surface area contributed by atoms with E-state index in [-0.39, 0.29) is 5.92 Å². The molecule has 120 valence electrons. The second-order valence-electron chi connectivity index (χ2n) is 6.91. The number of benzene rings is 1. The highest BCUT2D eigenvalue weighted by Crippen LogP contribution is 2.22. The molecule has 4 nitrogen and oxygen atoms in total. The minimum Gasteiger partial charge on any atom is -0.481 e. The molecule has 1 aliphatic heterocycles. The summed E-state index contributed by atoms with van der Waals surface area (Å²) in [6, 6.07) is 11.0. The fourth-order valence-corrected chi connectivity index (χ4v) is 4.27. The normalized spacial score (nSPS) is 32.5. The molecule has 2 atom stereocenters. The summed E-state index contributed by atoms with van der Waals surface area (Å²) < 4.78 is 0. The fraction of sp³-hybridized carbons (Fsp3) is 0.611. The van der Waals surface area contributed by atoms with Crippen LogP contribution in [-0.2, 0) is 11.3 Å². The molecular weight excluding hydrogens is 276 g/mol. The molecule has 4 heteroatoms. The van der Waals surface area contributed by atoms with Crippen molar-refractivity contribution in [1.29, 1.82) is 0 Å². The summed E-state index contributed by atoms with van der Waals surface area (Å²) in [6.07, 6.45) is 4.27. The minimum atomic E-state index is -0.573. The lowest BCUT2D eigenvalue weighted by atomic mass is 9.83. The van der Waals surface area contributed by atoms with E-state index in [1.54, 1.807) is 9.80 Å². The van der Waals surface area contributed by atoms with E-state index in [0.717, 1.165) is 52.0 Å². The van der Waals surface area contributed by atoms with Crippen LogP contribution in [0.3, 0.4) is 0 Å². The van der Waals surface area contributed by atoms with Gasteiger partial charge in [-0.1, -0.05) is 36.8 Å². The number of carbonyl (C=O) groups is 1. The number of hydrogen-bond donors (Lipinski definition) is 3. The third-order valence-corrected chi connectivity index (χ3v) is 5.50. The highest BCUT2D eigenvalue weighted by atomic mass is 16.4. The number of nitrogens with one attached hydrogen (secondary N) is 2. The van der Waals surface area contributed by atoms with Crippen LogP contribution in [-0.4, -0.2) is 43.3 Å². The summed E-state index contributed by atoms with van der Waals surface area (Å²) >= 11 is 0. The number of piperazine rings is 1. The molecule has 1 heterocycles. The molecule has 22 heavy (non-hydrogen) atoms. The molecule has 1 saturated heterocycles. The lowest BCUT2D eigenvalue weighted by Crippen LogP contribution is -3.29. The SMILES string of the molecule is O=C(O)C1CCCCC1[NH+]1CC[NH+](Cc2ccccc2)CC1. The number of hydrogen-bond acceptors (Lipinski definition) is 1. The maximum Gasteiger partial charge on any atom is 0.312 e. The largest absolute Gasteiger partial charge is 0.481 e. The van der Waals surface area contributed by atoms with Crippen molar-refractivity contribution in [2.24, 2.45) is 5.92 Å². The molecule has 0 spiro atoms. The fourth-order valence-electron chi connectivity index (χ4n) is 4.27. The molecule has 0 aromatic heterocycles. The van der Waals surface area contributed by atoms with Crippen LogP contribution >= 0.6 is 0 Å². The second-order valence-corrected chi connectivity index (χ2v) is 6.91. The zero-order valence-corrected chi connectivity index (χ0v) is 13.3. The highest BCUT2D eigenvalue weighted by Gasteiger charge is 2.39. The highest BCUT2D eigenvalue weighted by molar-refractivity contribution is 5.70. The van der Waals surface area contributed by atoms with Gasteiger partial charge < -0.3 is 14.9 Å².